The molecule has 1 fully saturated rings. The summed E-state index contributed by atoms with van der Waals surface area (Å²) in [7, 11) is 0. The minimum Gasteiger partial charge on any atom is -0.488 e. The molecule has 0 radical (unpaired) electrons. The predicted molar refractivity (Wildman–Crippen MR) is 62.9 cm³/mol. The molecule has 2 N–H and O–H groups in total. The molecule has 1 saturated carbocycles. The molecule has 88 valence electrons. The summed E-state index contributed by atoms with van der Waals surface area (Å²) in [4.78, 5) is 11.7. The summed E-state index contributed by atoms with van der Waals surface area (Å²) in [5, 5.41) is 0. The molecule has 16 heavy (non-hydrogen) atoms. The Bertz CT molecular complexity index is 422. The zero-order chi connectivity index (χ0) is 11.5. The molecule has 0 saturated heterocycles. The van der Waals surface area contributed by atoms with E-state index in [0.717, 1.165) is 12.1 Å². The lowest BCUT2D eigenvalue weighted by atomic mass is 10.3. The number of hydrogen-bond donors (Lipinski definition) is 1. The van der Waals surface area contributed by atoms with E-state index in [1.165, 1.54) is 12.8 Å². The fourth-order valence-corrected chi connectivity index (χ4v) is 1.81. The van der Waals surface area contributed by atoms with Crippen molar-refractivity contribution in [1.29, 1.82) is 0 Å². The second-order valence-electron chi connectivity index (χ2n) is 4.22. The second-order valence-corrected chi connectivity index (χ2v) is 4.22. The Morgan fingerprint density at radius 2 is 2.31 bits per heavy atom. The van der Waals surface area contributed by atoms with Crippen LogP contribution in [0.5, 0.6) is 5.75 Å². The monoisotopic (exact) mass is 222 g/mol. The smallest absolute Gasteiger partial charge is 0.223 e. The van der Waals surface area contributed by atoms with Crippen molar-refractivity contribution in [2.24, 2.45) is 5.73 Å². The number of rotatable bonds is 5. The quantitative estimate of drug-likeness (QED) is 0.762. The van der Waals surface area contributed by atoms with Crippen molar-refractivity contribution >= 4 is 0 Å². The Morgan fingerprint density at radius 1 is 1.56 bits per heavy atom. The molecule has 0 aromatic carbocycles. The lowest BCUT2D eigenvalue weighted by molar-refractivity contribution is 0.304. The molecule has 2 rings (SSSR count). The van der Waals surface area contributed by atoms with Gasteiger partial charge in [-0.2, -0.15) is 0 Å². The van der Waals surface area contributed by atoms with E-state index in [4.69, 9.17) is 10.5 Å². The Labute approximate surface area is 95.0 Å². The van der Waals surface area contributed by atoms with Crippen LogP contribution in [0.15, 0.2) is 17.1 Å². The first-order valence-corrected chi connectivity index (χ1v) is 5.78. The molecule has 1 aliphatic rings. The summed E-state index contributed by atoms with van der Waals surface area (Å²) in [6.07, 6.45) is 5.04. The molecule has 0 aliphatic heterocycles. The number of aromatic nitrogens is 1. The molecule has 4 nitrogen and oxygen atoms in total. The maximum absolute atomic E-state index is 11.7. The summed E-state index contributed by atoms with van der Waals surface area (Å²) in [6, 6.07) is 2.15. The van der Waals surface area contributed by atoms with E-state index in [1.54, 1.807) is 6.07 Å². The van der Waals surface area contributed by atoms with E-state index in [2.05, 4.69) is 4.57 Å². The Balaban J connectivity index is 2.20. The lowest BCUT2D eigenvalue weighted by Gasteiger charge is -2.13. The maximum Gasteiger partial charge on any atom is 0.223 e. The van der Waals surface area contributed by atoms with E-state index < -0.39 is 0 Å². The number of nitrogens with two attached hydrogens (primary N) is 1. The van der Waals surface area contributed by atoms with E-state index in [-0.39, 0.29) is 5.43 Å². The maximum atomic E-state index is 11.7. The molecule has 0 spiro atoms. The number of hydrogen-bond acceptors (Lipinski definition) is 3. The molecule has 1 heterocycles. The van der Waals surface area contributed by atoms with Crippen molar-refractivity contribution < 1.29 is 4.74 Å². The van der Waals surface area contributed by atoms with Gasteiger partial charge in [-0.1, -0.05) is 0 Å². The summed E-state index contributed by atoms with van der Waals surface area (Å²) in [5.41, 5.74) is 6.29. The van der Waals surface area contributed by atoms with Crippen molar-refractivity contribution in [3.8, 4) is 5.75 Å². The Morgan fingerprint density at radius 3 is 2.94 bits per heavy atom. The van der Waals surface area contributed by atoms with Crippen LogP contribution in [0, 0.1) is 6.92 Å². The predicted octanol–water partition coefficient (Wildman–Crippen LogP) is 1.22. The van der Waals surface area contributed by atoms with Crippen LogP contribution in [0.25, 0.3) is 0 Å². The fourth-order valence-electron chi connectivity index (χ4n) is 1.81. The first-order chi connectivity index (χ1) is 7.74. The van der Waals surface area contributed by atoms with Gasteiger partial charge in [-0.05, 0) is 32.7 Å². The van der Waals surface area contributed by atoms with Crippen LogP contribution in [0.2, 0.25) is 0 Å². The van der Waals surface area contributed by atoms with Crippen LogP contribution in [-0.4, -0.2) is 17.7 Å². The van der Waals surface area contributed by atoms with Crippen LogP contribution < -0.4 is 15.9 Å². The topological polar surface area (TPSA) is 57.2 Å². The molecule has 1 aliphatic carbocycles. The summed E-state index contributed by atoms with van der Waals surface area (Å²) >= 11 is 0. The van der Waals surface area contributed by atoms with Gasteiger partial charge < -0.3 is 15.0 Å². The van der Waals surface area contributed by atoms with Crippen molar-refractivity contribution in [1.82, 2.24) is 4.57 Å². The van der Waals surface area contributed by atoms with Gasteiger partial charge in [-0.15, -0.1) is 0 Å². The minimum atomic E-state index is -0.0357. The van der Waals surface area contributed by atoms with Gasteiger partial charge in [0.2, 0.25) is 5.43 Å². The van der Waals surface area contributed by atoms with Crippen molar-refractivity contribution in [2.75, 3.05) is 13.2 Å². The van der Waals surface area contributed by atoms with Gasteiger partial charge in [0.1, 0.15) is 0 Å². The Hall–Kier alpha value is -1.29. The fraction of sp³-hybridized carbons (Fsp3) is 0.583. The van der Waals surface area contributed by atoms with Gasteiger partial charge in [-0.25, -0.2) is 0 Å². The molecule has 4 heteroatoms. The van der Waals surface area contributed by atoms with Gasteiger partial charge in [0.05, 0.1) is 12.3 Å². The van der Waals surface area contributed by atoms with E-state index in [1.807, 2.05) is 13.1 Å². The largest absolute Gasteiger partial charge is 0.488 e. The first-order valence-electron chi connectivity index (χ1n) is 5.78. The van der Waals surface area contributed by atoms with Crippen LogP contribution in [0.4, 0.5) is 0 Å². The van der Waals surface area contributed by atoms with Gasteiger partial charge in [0, 0.05) is 18.3 Å². The van der Waals surface area contributed by atoms with Gasteiger partial charge in [0.25, 0.3) is 0 Å². The highest BCUT2D eigenvalue weighted by Crippen LogP contribution is 2.36. The molecule has 1 aromatic heterocycles. The molecule has 0 unspecified atom stereocenters. The number of ether oxygens (including phenoxy) is 1. The summed E-state index contributed by atoms with van der Waals surface area (Å²) in [6.45, 7) is 3.04. The minimum absolute atomic E-state index is 0.0357. The van der Waals surface area contributed by atoms with Gasteiger partial charge in [-0.3, -0.25) is 4.79 Å². The van der Waals surface area contributed by atoms with Crippen LogP contribution >= 0.6 is 0 Å². The Kier molecular flexibility index (Phi) is 3.29. The van der Waals surface area contributed by atoms with Crippen LogP contribution in [-0.2, 0) is 0 Å². The summed E-state index contributed by atoms with van der Waals surface area (Å²) in [5.74, 6) is 0.489. The van der Waals surface area contributed by atoms with Crippen molar-refractivity contribution in [2.45, 2.75) is 32.2 Å². The van der Waals surface area contributed by atoms with Crippen LogP contribution in [0.3, 0.4) is 0 Å². The number of pyridine rings is 1. The standard InChI is InChI=1S/C12H18N2O2/c1-9-12(16-8-2-6-13)11(15)5-7-14(9)10-3-4-10/h5,7,10H,2-4,6,8,13H2,1H3. The average Bonchev–Trinajstić information content (AvgIpc) is 3.07. The third kappa shape index (κ3) is 2.27. The highest BCUT2D eigenvalue weighted by molar-refractivity contribution is 5.28. The van der Waals surface area contributed by atoms with E-state index in [0.29, 0.717) is 24.9 Å². The highest BCUT2D eigenvalue weighted by Gasteiger charge is 2.25. The molecular formula is C12H18N2O2. The average molecular weight is 222 g/mol. The lowest BCUT2D eigenvalue weighted by Crippen LogP contribution is -2.16. The summed E-state index contributed by atoms with van der Waals surface area (Å²) < 4.78 is 7.65. The molecule has 1 aromatic rings. The van der Waals surface area contributed by atoms with Crippen molar-refractivity contribution in [3.63, 3.8) is 0 Å². The highest BCUT2D eigenvalue weighted by atomic mass is 16.5. The van der Waals surface area contributed by atoms with E-state index in [9.17, 15) is 4.79 Å². The molecule has 0 bridgehead atoms. The number of nitrogens with zero attached hydrogens (tertiary/aromatic N) is 1. The molecular weight excluding hydrogens is 204 g/mol. The van der Waals surface area contributed by atoms with Crippen LogP contribution in [0.1, 0.15) is 31.0 Å². The second kappa shape index (κ2) is 4.70. The van der Waals surface area contributed by atoms with Crippen molar-refractivity contribution in [3.05, 3.63) is 28.2 Å². The SMILES string of the molecule is Cc1c(OCCCN)c(=O)ccn1C1CC1. The van der Waals surface area contributed by atoms with Gasteiger partial charge in [0.15, 0.2) is 5.75 Å². The third-order valence-electron chi connectivity index (χ3n) is 2.86. The zero-order valence-electron chi connectivity index (χ0n) is 9.61. The molecule has 0 amide bonds. The zero-order valence-corrected chi connectivity index (χ0v) is 9.61. The normalized spacial score (nSPS) is 15.1. The molecule has 0 atom stereocenters. The van der Waals surface area contributed by atoms with Gasteiger partial charge >= 0.3 is 0 Å². The first kappa shape index (κ1) is 11.2. The van der Waals surface area contributed by atoms with E-state index >= 15 is 0 Å². The third-order valence-corrected chi connectivity index (χ3v) is 2.86.